The Balaban J connectivity index is 1.70. The van der Waals surface area contributed by atoms with Crippen molar-refractivity contribution in [2.24, 2.45) is 5.73 Å². The van der Waals surface area contributed by atoms with Gasteiger partial charge in [-0.25, -0.2) is 4.39 Å². The van der Waals surface area contributed by atoms with Crippen LogP contribution in [0.2, 0.25) is 5.02 Å². The summed E-state index contributed by atoms with van der Waals surface area (Å²) >= 11 is 7.31. The highest BCUT2D eigenvalue weighted by Gasteiger charge is 2.22. The number of hydrogen-bond acceptors (Lipinski definition) is 5. The van der Waals surface area contributed by atoms with Gasteiger partial charge in [-0.15, -0.1) is 0 Å². The van der Waals surface area contributed by atoms with Crippen molar-refractivity contribution in [3.8, 4) is 0 Å². The van der Waals surface area contributed by atoms with E-state index in [-0.39, 0.29) is 29.4 Å². The number of hydrogen-bond donors (Lipinski definition) is 3. The van der Waals surface area contributed by atoms with Crippen molar-refractivity contribution in [1.82, 2.24) is 20.4 Å². The zero-order chi connectivity index (χ0) is 24.0. The quantitative estimate of drug-likeness (QED) is 0.402. The standard InChI is InChI=1S/C22H23ClFN5O3S/c1-33-10-9-16(22(32)26-11-13-5-4-7-15(23)19(13)24)27-18(30)12-29-17-8-3-2-6-14(17)20(28-29)21(25)31/h2-8,16H,9-12H2,1H3,(H2,25,31)(H,26,32)(H,27,30). The van der Waals surface area contributed by atoms with Gasteiger partial charge in [0.2, 0.25) is 11.8 Å². The molecule has 1 atom stereocenters. The maximum absolute atomic E-state index is 14.1. The average Bonchev–Trinajstić information content (AvgIpc) is 3.16. The average molecular weight is 492 g/mol. The second-order valence-electron chi connectivity index (χ2n) is 7.22. The lowest BCUT2D eigenvalue weighted by Crippen LogP contribution is -2.47. The van der Waals surface area contributed by atoms with Gasteiger partial charge in [0.05, 0.1) is 10.5 Å². The highest BCUT2D eigenvalue weighted by atomic mass is 35.5. The molecular formula is C22H23ClFN5O3S. The molecule has 4 N–H and O–H groups in total. The second kappa shape index (κ2) is 11.2. The van der Waals surface area contributed by atoms with Crippen molar-refractivity contribution in [1.29, 1.82) is 0 Å². The lowest BCUT2D eigenvalue weighted by Gasteiger charge is -2.18. The van der Waals surface area contributed by atoms with Gasteiger partial charge in [-0.2, -0.15) is 16.9 Å². The van der Waals surface area contributed by atoms with Crippen LogP contribution in [0.25, 0.3) is 10.9 Å². The van der Waals surface area contributed by atoms with E-state index < -0.39 is 29.6 Å². The molecule has 0 bridgehead atoms. The fourth-order valence-corrected chi connectivity index (χ4v) is 3.97. The Bertz CT molecular complexity index is 1190. The normalized spacial score (nSPS) is 11.8. The van der Waals surface area contributed by atoms with Crippen LogP contribution in [0.4, 0.5) is 4.39 Å². The molecule has 3 rings (SSSR count). The first-order valence-electron chi connectivity index (χ1n) is 10.1. The largest absolute Gasteiger partial charge is 0.364 e. The number of fused-ring (bicyclic) bond motifs is 1. The molecule has 2 aromatic carbocycles. The van der Waals surface area contributed by atoms with Gasteiger partial charge in [0.1, 0.15) is 18.4 Å². The lowest BCUT2D eigenvalue weighted by atomic mass is 10.1. The predicted molar refractivity (Wildman–Crippen MR) is 126 cm³/mol. The Hall–Kier alpha value is -3.11. The van der Waals surface area contributed by atoms with Gasteiger partial charge in [0.15, 0.2) is 5.69 Å². The molecule has 0 saturated carbocycles. The number of nitrogens with zero attached hydrogens (tertiary/aromatic N) is 2. The summed E-state index contributed by atoms with van der Waals surface area (Å²) in [5, 5.41) is 10.0. The van der Waals surface area contributed by atoms with E-state index in [1.807, 2.05) is 6.26 Å². The molecular weight excluding hydrogens is 469 g/mol. The summed E-state index contributed by atoms with van der Waals surface area (Å²) in [7, 11) is 0. The molecule has 0 radical (unpaired) electrons. The van der Waals surface area contributed by atoms with Crippen LogP contribution in [0.1, 0.15) is 22.5 Å². The fraction of sp³-hybridized carbons (Fsp3) is 0.273. The van der Waals surface area contributed by atoms with Gasteiger partial charge in [-0.1, -0.05) is 41.9 Å². The Labute approximate surface area is 199 Å². The topological polar surface area (TPSA) is 119 Å². The Morgan fingerprint density at radius 2 is 1.97 bits per heavy atom. The minimum Gasteiger partial charge on any atom is -0.364 e. The summed E-state index contributed by atoms with van der Waals surface area (Å²) in [4.78, 5) is 37.2. The van der Waals surface area contributed by atoms with E-state index in [1.54, 1.807) is 30.3 Å². The van der Waals surface area contributed by atoms with E-state index in [0.29, 0.717) is 23.1 Å². The summed E-state index contributed by atoms with van der Waals surface area (Å²) in [5.41, 5.74) is 6.28. The SMILES string of the molecule is CSCCC(NC(=O)Cn1nc(C(N)=O)c2ccccc21)C(=O)NCc1cccc(Cl)c1F. The van der Waals surface area contributed by atoms with Crippen LogP contribution in [0.15, 0.2) is 42.5 Å². The maximum Gasteiger partial charge on any atom is 0.269 e. The second-order valence-corrected chi connectivity index (χ2v) is 8.61. The van der Waals surface area contributed by atoms with Crippen molar-refractivity contribution >= 4 is 52.0 Å². The third kappa shape index (κ3) is 6.02. The Morgan fingerprint density at radius 1 is 1.21 bits per heavy atom. The maximum atomic E-state index is 14.1. The van der Waals surface area contributed by atoms with Crippen molar-refractivity contribution in [3.05, 3.63) is 64.6 Å². The minimum atomic E-state index is -0.829. The smallest absolute Gasteiger partial charge is 0.269 e. The van der Waals surface area contributed by atoms with E-state index in [0.717, 1.165) is 0 Å². The number of nitrogens with one attached hydrogen (secondary N) is 2. The van der Waals surface area contributed by atoms with Crippen LogP contribution < -0.4 is 16.4 Å². The number of para-hydroxylation sites is 1. The number of thioether (sulfide) groups is 1. The van der Waals surface area contributed by atoms with Gasteiger partial charge in [0, 0.05) is 17.5 Å². The molecule has 0 fully saturated rings. The molecule has 33 heavy (non-hydrogen) atoms. The first kappa shape index (κ1) is 24.5. The molecule has 8 nitrogen and oxygen atoms in total. The van der Waals surface area contributed by atoms with Crippen LogP contribution in [-0.2, 0) is 22.7 Å². The first-order chi connectivity index (χ1) is 15.8. The molecule has 174 valence electrons. The number of carbonyl (C=O) groups is 3. The number of benzene rings is 2. The summed E-state index contributed by atoms with van der Waals surface area (Å²) in [6.07, 6.45) is 2.27. The Kier molecular flexibility index (Phi) is 8.29. The molecule has 0 spiro atoms. The van der Waals surface area contributed by atoms with Gasteiger partial charge in [-0.3, -0.25) is 19.1 Å². The van der Waals surface area contributed by atoms with Crippen LogP contribution in [-0.4, -0.2) is 45.6 Å². The molecule has 11 heteroatoms. The number of primary amides is 1. The van der Waals surface area contributed by atoms with Crippen molar-refractivity contribution in [2.45, 2.75) is 25.6 Å². The fourth-order valence-electron chi connectivity index (χ4n) is 3.30. The Morgan fingerprint density at radius 3 is 2.70 bits per heavy atom. The summed E-state index contributed by atoms with van der Waals surface area (Å²) in [6.45, 7) is -0.275. The number of aromatic nitrogens is 2. The molecule has 0 aliphatic rings. The molecule has 1 heterocycles. The summed E-state index contributed by atoms with van der Waals surface area (Å²) in [6, 6.07) is 10.6. The zero-order valence-electron chi connectivity index (χ0n) is 17.8. The summed E-state index contributed by atoms with van der Waals surface area (Å²) in [5.74, 6) is -1.58. The van der Waals surface area contributed by atoms with Gasteiger partial charge < -0.3 is 16.4 Å². The van der Waals surface area contributed by atoms with Gasteiger partial charge in [-0.05, 0) is 30.6 Å². The minimum absolute atomic E-state index is 0.0317. The predicted octanol–water partition coefficient (Wildman–Crippen LogP) is 2.48. The van der Waals surface area contributed by atoms with E-state index >= 15 is 0 Å². The van der Waals surface area contributed by atoms with E-state index in [9.17, 15) is 18.8 Å². The number of amides is 3. The molecule has 3 amide bonds. The molecule has 3 aromatic rings. The van der Waals surface area contributed by atoms with Crippen molar-refractivity contribution < 1.29 is 18.8 Å². The first-order valence-corrected chi connectivity index (χ1v) is 11.8. The van der Waals surface area contributed by atoms with Gasteiger partial charge in [0.25, 0.3) is 5.91 Å². The van der Waals surface area contributed by atoms with Crippen molar-refractivity contribution in [2.75, 3.05) is 12.0 Å². The van der Waals surface area contributed by atoms with Crippen molar-refractivity contribution in [3.63, 3.8) is 0 Å². The van der Waals surface area contributed by atoms with Crippen LogP contribution >= 0.6 is 23.4 Å². The number of nitrogens with two attached hydrogens (primary N) is 1. The highest BCUT2D eigenvalue weighted by molar-refractivity contribution is 7.98. The van der Waals surface area contributed by atoms with Gasteiger partial charge >= 0.3 is 0 Å². The van der Waals surface area contributed by atoms with Crippen LogP contribution in [0.5, 0.6) is 0 Å². The van der Waals surface area contributed by atoms with E-state index in [1.165, 1.54) is 28.6 Å². The lowest BCUT2D eigenvalue weighted by molar-refractivity contribution is -0.129. The van der Waals surface area contributed by atoms with E-state index in [2.05, 4.69) is 15.7 Å². The molecule has 0 aliphatic carbocycles. The third-order valence-corrected chi connectivity index (χ3v) is 5.87. The highest BCUT2D eigenvalue weighted by Crippen LogP contribution is 2.19. The summed E-state index contributed by atoms with van der Waals surface area (Å²) < 4.78 is 15.5. The number of halogens is 2. The molecule has 1 unspecified atom stereocenters. The molecule has 0 saturated heterocycles. The number of rotatable bonds is 10. The van der Waals surface area contributed by atoms with Crippen LogP contribution in [0, 0.1) is 5.82 Å². The zero-order valence-corrected chi connectivity index (χ0v) is 19.4. The molecule has 0 aliphatic heterocycles. The van der Waals surface area contributed by atoms with Crippen LogP contribution in [0.3, 0.4) is 0 Å². The number of carbonyl (C=O) groups excluding carboxylic acids is 3. The molecule has 1 aromatic heterocycles. The third-order valence-electron chi connectivity index (χ3n) is 4.93. The van der Waals surface area contributed by atoms with E-state index in [4.69, 9.17) is 17.3 Å². The monoisotopic (exact) mass is 491 g/mol.